The SMILES string of the molecule is CCOc1ccc(-c2nc(C(C)N)cs2)cc1OC. The minimum absolute atomic E-state index is 0.0467. The van der Waals surface area contributed by atoms with E-state index in [4.69, 9.17) is 15.2 Å². The number of aromatic nitrogens is 1. The van der Waals surface area contributed by atoms with Gasteiger partial charge >= 0.3 is 0 Å². The third-order valence-corrected chi connectivity index (χ3v) is 3.61. The van der Waals surface area contributed by atoms with Crippen LogP contribution in [0.5, 0.6) is 11.5 Å². The van der Waals surface area contributed by atoms with Crippen LogP contribution >= 0.6 is 11.3 Å². The molecule has 5 heteroatoms. The van der Waals surface area contributed by atoms with Crippen LogP contribution in [0.1, 0.15) is 25.6 Å². The molecule has 1 aromatic heterocycles. The lowest BCUT2D eigenvalue weighted by molar-refractivity contribution is 0.311. The van der Waals surface area contributed by atoms with Crippen molar-refractivity contribution in [2.24, 2.45) is 5.73 Å². The van der Waals surface area contributed by atoms with Gasteiger partial charge in [0, 0.05) is 17.0 Å². The summed E-state index contributed by atoms with van der Waals surface area (Å²) in [5.41, 5.74) is 7.75. The highest BCUT2D eigenvalue weighted by molar-refractivity contribution is 7.13. The Morgan fingerprint density at radius 2 is 2.16 bits per heavy atom. The van der Waals surface area contributed by atoms with Crippen molar-refractivity contribution >= 4 is 11.3 Å². The largest absolute Gasteiger partial charge is 0.493 e. The van der Waals surface area contributed by atoms with Crippen molar-refractivity contribution in [1.82, 2.24) is 4.98 Å². The Morgan fingerprint density at radius 3 is 2.74 bits per heavy atom. The highest BCUT2D eigenvalue weighted by atomic mass is 32.1. The maximum atomic E-state index is 5.82. The van der Waals surface area contributed by atoms with Crippen LogP contribution in [-0.4, -0.2) is 18.7 Å². The molecule has 19 heavy (non-hydrogen) atoms. The monoisotopic (exact) mass is 278 g/mol. The number of thiazole rings is 1. The second-order valence-corrected chi connectivity index (χ2v) is 5.02. The number of ether oxygens (including phenoxy) is 2. The fraction of sp³-hybridized carbons (Fsp3) is 0.357. The Labute approximate surface area is 117 Å². The molecule has 0 spiro atoms. The van der Waals surface area contributed by atoms with E-state index in [-0.39, 0.29) is 6.04 Å². The van der Waals surface area contributed by atoms with Crippen molar-refractivity contribution in [3.8, 4) is 22.1 Å². The first-order valence-corrected chi connectivity index (χ1v) is 7.06. The van der Waals surface area contributed by atoms with Gasteiger partial charge in [-0.1, -0.05) is 0 Å². The van der Waals surface area contributed by atoms with E-state index in [9.17, 15) is 0 Å². The second-order valence-electron chi connectivity index (χ2n) is 4.16. The molecule has 0 aliphatic heterocycles. The number of methoxy groups -OCH3 is 1. The Bertz CT molecular complexity index is 552. The van der Waals surface area contributed by atoms with Crippen molar-refractivity contribution < 1.29 is 9.47 Å². The molecule has 2 N–H and O–H groups in total. The van der Waals surface area contributed by atoms with Gasteiger partial charge in [0.15, 0.2) is 11.5 Å². The zero-order chi connectivity index (χ0) is 13.8. The van der Waals surface area contributed by atoms with Gasteiger partial charge in [-0.05, 0) is 32.0 Å². The van der Waals surface area contributed by atoms with Crippen molar-refractivity contribution in [1.29, 1.82) is 0 Å². The minimum Gasteiger partial charge on any atom is -0.493 e. The third kappa shape index (κ3) is 3.05. The summed E-state index contributed by atoms with van der Waals surface area (Å²) in [4.78, 5) is 4.53. The van der Waals surface area contributed by atoms with Gasteiger partial charge in [-0.15, -0.1) is 11.3 Å². The van der Waals surface area contributed by atoms with Gasteiger partial charge in [-0.2, -0.15) is 0 Å². The summed E-state index contributed by atoms with van der Waals surface area (Å²) in [5.74, 6) is 1.47. The molecule has 0 aliphatic carbocycles. The van der Waals surface area contributed by atoms with Gasteiger partial charge in [-0.3, -0.25) is 0 Å². The molecule has 0 saturated heterocycles. The Morgan fingerprint density at radius 1 is 1.37 bits per heavy atom. The normalized spacial score (nSPS) is 12.2. The molecule has 0 aliphatic rings. The molecule has 1 aromatic carbocycles. The highest BCUT2D eigenvalue weighted by Crippen LogP contribution is 2.34. The molecule has 0 bridgehead atoms. The lowest BCUT2D eigenvalue weighted by Crippen LogP contribution is -2.04. The van der Waals surface area contributed by atoms with E-state index in [2.05, 4.69) is 4.98 Å². The molecular weight excluding hydrogens is 260 g/mol. The fourth-order valence-electron chi connectivity index (χ4n) is 1.70. The van der Waals surface area contributed by atoms with Crippen LogP contribution in [-0.2, 0) is 0 Å². The summed E-state index contributed by atoms with van der Waals surface area (Å²) < 4.78 is 10.8. The zero-order valence-electron chi connectivity index (χ0n) is 11.3. The Balaban J connectivity index is 2.34. The van der Waals surface area contributed by atoms with Crippen LogP contribution in [0.2, 0.25) is 0 Å². The Kier molecular flexibility index (Phi) is 4.39. The predicted molar refractivity (Wildman–Crippen MR) is 77.9 cm³/mol. The Hall–Kier alpha value is -1.59. The summed E-state index contributed by atoms with van der Waals surface area (Å²) in [5, 5.41) is 2.93. The average Bonchev–Trinajstić information content (AvgIpc) is 2.89. The molecule has 102 valence electrons. The summed E-state index contributed by atoms with van der Waals surface area (Å²) in [6.07, 6.45) is 0. The molecule has 0 radical (unpaired) electrons. The van der Waals surface area contributed by atoms with Gasteiger partial charge in [0.05, 0.1) is 19.4 Å². The summed E-state index contributed by atoms with van der Waals surface area (Å²) >= 11 is 1.58. The summed E-state index contributed by atoms with van der Waals surface area (Å²) in [6.45, 7) is 4.49. The summed E-state index contributed by atoms with van der Waals surface area (Å²) in [6, 6.07) is 5.78. The molecular formula is C14H18N2O2S. The fourth-order valence-corrected chi connectivity index (χ4v) is 2.62. The van der Waals surface area contributed by atoms with Crippen LogP contribution in [0, 0.1) is 0 Å². The average molecular weight is 278 g/mol. The molecule has 4 nitrogen and oxygen atoms in total. The number of rotatable bonds is 5. The standard InChI is InChI=1S/C14H18N2O2S/c1-4-18-12-6-5-10(7-13(12)17-3)14-16-11(8-19-14)9(2)15/h5-9H,4,15H2,1-3H3. The smallest absolute Gasteiger partial charge is 0.161 e. The van der Waals surface area contributed by atoms with E-state index in [1.165, 1.54) is 0 Å². The van der Waals surface area contributed by atoms with Gasteiger partial charge < -0.3 is 15.2 Å². The first-order chi connectivity index (χ1) is 9.15. The number of hydrogen-bond acceptors (Lipinski definition) is 5. The van der Waals surface area contributed by atoms with Crippen molar-refractivity contribution in [3.63, 3.8) is 0 Å². The second kappa shape index (κ2) is 6.04. The van der Waals surface area contributed by atoms with Crippen LogP contribution in [0.25, 0.3) is 10.6 Å². The van der Waals surface area contributed by atoms with Gasteiger partial charge in [-0.25, -0.2) is 4.98 Å². The molecule has 2 aromatic rings. The molecule has 1 unspecified atom stereocenters. The minimum atomic E-state index is -0.0467. The van der Waals surface area contributed by atoms with E-state index in [1.54, 1.807) is 18.4 Å². The number of nitrogens with zero attached hydrogens (tertiary/aromatic N) is 1. The van der Waals surface area contributed by atoms with E-state index < -0.39 is 0 Å². The van der Waals surface area contributed by atoms with Gasteiger partial charge in [0.1, 0.15) is 5.01 Å². The van der Waals surface area contributed by atoms with Gasteiger partial charge in [0.25, 0.3) is 0 Å². The van der Waals surface area contributed by atoms with E-state index in [0.29, 0.717) is 6.61 Å². The first-order valence-electron chi connectivity index (χ1n) is 6.18. The molecule has 1 atom stereocenters. The number of nitrogens with two attached hydrogens (primary N) is 1. The maximum absolute atomic E-state index is 5.82. The lowest BCUT2D eigenvalue weighted by atomic mass is 10.2. The van der Waals surface area contributed by atoms with Crippen LogP contribution < -0.4 is 15.2 Å². The van der Waals surface area contributed by atoms with E-state index in [1.807, 2.05) is 37.4 Å². The number of hydrogen-bond donors (Lipinski definition) is 1. The predicted octanol–water partition coefficient (Wildman–Crippen LogP) is 3.24. The van der Waals surface area contributed by atoms with Crippen molar-refractivity contribution in [3.05, 3.63) is 29.3 Å². The maximum Gasteiger partial charge on any atom is 0.161 e. The molecule has 2 rings (SSSR count). The quantitative estimate of drug-likeness (QED) is 0.912. The molecule has 0 amide bonds. The molecule has 0 fully saturated rings. The molecule has 0 saturated carbocycles. The third-order valence-electron chi connectivity index (χ3n) is 2.70. The first kappa shape index (κ1) is 13.8. The van der Waals surface area contributed by atoms with Crippen LogP contribution in [0.4, 0.5) is 0 Å². The van der Waals surface area contributed by atoms with E-state index in [0.717, 1.165) is 27.8 Å². The zero-order valence-corrected chi connectivity index (χ0v) is 12.2. The van der Waals surface area contributed by atoms with Crippen LogP contribution in [0.15, 0.2) is 23.6 Å². The van der Waals surface area contributed by atoms with Crippen molar-refractivity contribution in [2.75, 3.05) is 13.7 Å². The highest BCUT2D eigenvalue weighted by Gasteiger charge is 2.11. The van der Waals surface area contributed by atoms with Crippen LogP contribution in [0.3, 0.4) is 0 Å². The topological polar surface area (TPSA) is 57.4 Å². The summed E-state index contributed by atoms with van der Waals surface area (Å²) in [7, 11) is 1.64. The van der Waals surface area contributed by atoms with Gasteiger partial charge in [0.2, 0.25) is 0 Å². The number of benzene rings is 1. The molecule has 1 heterocycles. The lowest BCUT2D eigenvalue weighted by Gasteiger charge is -2.10. The van der Waals surface area contributed by atoms with E-state index >= 15 is 0 Å². The van der Waals surface area contributed by atoms with Crippen molar-refractivity contribution in [2.45, 2.75) is 19.9 Å².